The van der Waals surface area contributed by atoms with E-state index < -0.39 is 45.7 Å². The van der Waals surface area contributed by atoms with Gasteiger partial charge in [0.05, 0.1) is 11.1 Å². The highest BCUT2D eigenvalue weighted by molar-refractivity contribution is 6.23. The molecule has 11 heteroatoms. The van der Waals surface area contributed by atoms with Crippen LogP contribution in [0.3, 0.4) is 0 Å². The molecule has 2 heterocycles. The molecule has 7 rings (SSSR count). The van der Waals surface area contributed by atoms with E-state index in [0.717, 1.165) is 43.2 Å². The molecule has 0 saturated carbocycles. The lowest BCUT2D eigenvalue weighted by molar-refractivity contribution is -0.228. The van der Waals surface area contributed by atoms with Gasteiger partial charge in [0.25, 0.3) is 0 Å². The predicted molar refractivity (Wildman–Crippen MR) is 235 cm³/mol. The number of hydrogen-bond acceptors (Lipinski definition) is 9. The Morgan fingerprint density at radius 1 is 0.567 bits per heavy atom. The van der Waals surface area contributed by atoms with Gasteiger partial charge in [-0.1, -0.05) is 35.4 Å². The molecule has 5 aromatic carbocycles. The van der Waals surface area contributed by atoms with Gasteiger partial charge in [0.2, 0.25) is 0 Å². The van der Waals surface area contributed by atoms with Crippen LogP contribution in [-0.2, 0) is 6.42 Å². The van der Waals surface area contributed by atoms with Gasteiger partial charge in [-0.25, -0.2) is 9.59 Å². The highest BCUT2D eigenvalue weighted by Gasteiger charge is 2.45. The SMILES string of the molecule is CNc1ccc2c(=C3CC(C)(C)N(O)C(C)(C)C3)c3cc(CC(=O)c4ccc(C(=O)O)c5c(C(C)=O)ccc(C(=O)O)c45)ccc3c(=C3CC(C)(C)N(O)C(C)(C)C3)c2c1. The summed E-state index contributed by atoms with van der Waals surface area (Å²) in [7, 11) is 1.89. The summed E-state index contributed by atoms with van der Waals surface area (Å²) in [6.45, 7) is 17.6. The second-order valence-electron chi connectivity index (χ2n) is 19.3. The summed E-state index contributed by atoms with van der Waals surface area (Å²) in [5, 5.41) is 55.3. The number of carbonyl (C=O) groups excluding carboxylic acids is 2. The van der Waals surface area contributed by atoms with Gasteiger partial charge in [0, 0.05) is 63.2 Å². The fourth-order valence-electron chi connectivity index (χ4n) is 10.5. The largest absolute Gasteiger partial charge is 0.478 e. The molecule has 5 aromatic rings. The zero-order valence-corrected chi connectivity index (χ0v) is 36.1. The molecule has 60 heavy (non-hydrogen) atoms. The van der Waals surface area contributed by atoms with Crippen LogP contribution in [0.15, 0.2) is 60.7 Å². The number of hydrogen-bond donors (Lipinski definition) is 5. The second kappa shape index (κ2) is 14.6. The molecular formula is C49H55N3O8. The number of carboxylic acids is 2. The monoisotopic (exact) mass is 813 g/mol. The number of fused-ring (bicyclic) bond motifs is 3. The maximum Gasteiger partial charge on any atom is 0.336 e. The first-order valence-corrected chi connectivity index (χ1v) is 20.4. The van der Waals surface area contributed by atoms with Crippen molar-refractivity contribution in [3.05, 3.63) is 98.9 Å². The predicted octanol–water partition coefficient (Wildman–Crippen LogP) is 8.60. The smallest absolute Gasteiger partial charge is 0.336 e. The van der Waals surface area contributed by atoms with Crippen molar-refractivity contribution in [1.82, 2.24) is 10.1 Å². The average molecular weight is 814 g/mol. The molecule has 2 fully saturated rings. The molecule has 0 bridgehead atoms. The van der Waals surface area contributed by atoms with E-state index in [0.29, 0.717) is 31.2 Å². The number of Topliss-reactive ketones (excluding diaryl/α,β-unsaturated/α-hetero) is 2. The fourth-order valence-corrected chi connectivity index (χ4v) is 10.5. The minimum Gasteiger partial charge on any atom is -0.478 e. The molecule has 0 spiro atoms. The summed E-state index contributed by atoms with van der Waals surface area (Å²) in [5.74, 6) is -3.59. The van der Waals surface area contributed by atoms with E-state index in [1.54, 1.807) is 0 Å². The van der Waals surface area contributed by atoms with Gasteiger partial charge in [-0.2, -0.15) is 10.1 Å². The number of hydroxylamine groups is 4. The van der Waals surface area contributed by atoms with Gasteiger partial charge in [-0.05, 0) is 162 Å². The summed E-state index contributed by atoms with van der Waals surface area (Å²) in [6.07, 6.45) is 2.21. The van der Waals surface area contributed by atoms with E-state index in [-0.39, 0.29) is 39.4 Å². The number of ketones is 2. The van der Waals surface area contributed by atoms with Gasteiger partial charge in [-0.15, -0.1) is 0 Å². The van der Waals surface area contributed by atoms with Crippen LogP contribution in [0, 0.1) is 0 Å². The number of piperidine rings is 2. The van der Waals surface area contributed by atoms with Crippen molar-refractivity contribution < 1.29 is 39.8 Å². The van der Waals surface area contributed by atoms with Crippen molar-refractivity contribution in [2.75, 3.05) is 12.4 Å². The number of nitrogens with one attached hydrogen (secondary N) is 1. The molecule has 0 unspecified atom stereocenters. The number of benzene rings is 5. The van der Waals surface area contributed by atoms with Crippen LogP contribution < -0.4 is 15.8 Å². The summed E-state index contributed by atoms with van der Waals surface area (Å²) < 4.78 is 0. The standard InChI is InChI=1S/C49H55N3O8/c1-26(53)31-15-17-36(45(57)58)43-34(16-18-35(42(31)43)44(55)56)39(54)20-27-11-13-32-37(19-27)40(28-22-46(2,3)51(59)47(4,5)23-28)33-14-12-30(50-10)21-38(33)41(32)29-24-48(6,7)52(60)49(8,9)25-29/h11-19,21,50,59-60H,20,22-25H2,1-10H3,(H,55,56)(H,57,58). The van der Waals surface area contributed by atoms with Gasteiger partial charge in [0.1, 0.15) is 0 Å². The molecule has 0 radical (unpaired) electrons. The molecule has 11 nitrogen and oxygen atoms in total. The Hall–Kier alpha value is -5.46. The van der Waals surface area contributed by atoms with Gasteiger partial charge < -0.3 is 25.9 Å². The van der Waals surface area contributed by atoms with Gasteiger partial charge >= 0.3 is 11.9 Å². The molecule has 5 N–H and O–H groups in total. The Kier molecular flexibility index (Phi) is 10.4. The van der Waals surface area contributed by atoms with Crippen LogP contribution >= 0.6 is 0 Å². The maximum absolute atomic E-state index is 14.6. The summed E-state index contributed by atoms with van der Waals surface area (Å²) in [6, 6.07) is 17.6. The summed E-state index contributed by atoms with van der Waals surface area (Å²) in [4.78, 5) is 52.3. The van der Waals surface area contributed by atoms with E-state index in [1.165, 1.54) is 46.9 Å². The van der Waals surface area contributed by atoms with E-state index in [9.17, 15) is 39.8 Å². The molecule has 0 atom stereocenters. The molecule has 0 aromatic heterocycles. The van der Waals surface area contributed by atoms with Crippen molar-refractivity contribution in [2.45, 2.75) is 117 Å². The Morgan fingerprint density at radius 3 is 1.40 bits per heavy atom. The topological polar surface area (TPSA) is 168 Å². The lowest BCUT2D eigenvalue weighted by Crippen LogP contribution is -2.57. The van der Waals surface area contributed by atoms with Crippen LogP contribution in [-0.4, -0.2) is 83.5 Å². The summed E-state index contributed by atoms with van der Waals surface area (Å²) >= 11 is 0. The first-order valence-electron chi connectivity index (χ1n) is 20.4. The Labute approximate surface area is 349 Å². The molecule has 2 aliphatic rings. The lowest BCUT2D eigenvalue weighted by Gasteiger charge is -2.50. The molecule has 2 saturated heterocycles. The quantitative estimate of drug-likeness (QED) is 0.0789. The molecule has 2 aliphatic heterocycles. The van der Waals surface area contributed by atoms with Crippen LogP contribution in [0.5, 0.6) is 0 Å². The third-order valence-electron chi connectivity index (χ3n) is 12.7. The Bertz CT molecular complexity index is 2770. The Balaban J connectivity index is 1.57. The normalized spacial score (nSPS) is 18.9. The third kappa shape index (κ3) is 7.07. The van der Waals surface area contributed by atoms with Crippen LogP contribution in [0.25, 0.3) is 43.5 Å². The minimum atomic E-state index is -1.35. The minimum absolute atomic E-state index is 0.0126. The van der Waals surface area contributed by atoms with Crippen molar-refractivity contribution in [1.29, 1.82) is 0 Å². The third-order valence-corrected chi connectivity index (χ3v) is 12.7. The highest BCUT2D eigenvalue weighted by Crippen LogP contribution is 2.43. The van der Waals surface area contributed by atoms with Crippen LogP contribution in [0.2, 0.25) is 0 Å². The summed E-state index contributed by atoms with van der Waals surface area (Å²) in [5.41, 5.74) is 1.10. The molecule has 314 valence electrons. The first-order chi connectivity index (χ1) is 27.9. The highest BCUT2D eigenvalue weighted by atomic mass is 16.5. The zero-order chi connectivity index (χ0) is 44.0. The van der Waals surface area contributed by atoms with Gasteiger partial charge in [-0.3, -0.25) is 9.59 Å². The van der Waals surface area contributed by atoms with E-state index in [4.69, 9.17) is 0 Å². The van der Waals surface area contributed by atoms with Crippen LogP contribution in [0.4, 0.5) is 5.69 Å². The molecule has 0 aliphatic carbocycles. The first kappa shape index (κ1) is 42.7. The van der Waals surface area contributed by atoms with Crippen molar-refractivity contribution >= 4 is 72.7 Å². The number of rotatable bonds is 7. The van der Waals surface area contributed by atoms with Crippen LogP contribution in [0.1, 0.15) is 135 Å². The Morgan fingerprint density at radius 2 is 0.967 bits per heavy atom. The number of anilines is 1. The molecule has 0 amide bonds. The van der Waals surface area contributed by atoms with E-state index in [2.05, 4.69) is 29.6 Å². The second-order valence-corrected chi connectivity index (χ2v) is 19.3. The maximum atomic E-state index is 14.6. The fraction of sp³-hybridized carbons (Fsp3) is 0.388. The van der Waals surface area contributed by atoms with Crippen molar-refractivity contribution in [3.63, 3.8) is 0 Å². The number of carbonyl (C=O) groups is 4. The zero-order valence-electron chi connectivity index (χ0n) is 36.1. The number of nitrogens with zero attached hydrogens (tertiary/aromatic N) is 2. The molecular weight excluding hydrogens is 759 g/mol. The van der Waals surface area contributed by atoms with E-state index >= 15 is 0 Å². The van der Waals surface area contributed by atoms with Crippen molar-refractivity contribution in [3.8, 4) is 0 Å². The van der Waals surface area contributed by atoms with Gasteiger partial charge in [0.15, 0.2) is 11.6 Å². The van der Waals surface area contributed by atoms with Crippen molar-refractivity contribution in [2.24, 2.45) is 0 Å². The van der Waals surface area contributed by atoms with E-state index in [1.807, 2.05) is 74.6 Å². The average Bonchev–Trinajstić information content (AvgIpc) is 3.15. The number of carboxylic acid groups (broad SMARTS) is 2. The lowest BCUT2D eigenvalue weighted by atomic mass is 9.75. The number of aromatic carboxylic acids is 2.